The Labute approximate surface area is 104 Å². The van der Waals surface area contributed by atoms with Crippen molar-refractivity contribution in [3.8, 4) is 17.1 Å². The van der Waals surface area contributed by atoms with E-state index < -0.39 is 0 Å². The number of rotatable bonds is 2. The zero-order valence-corrected chi connectivity index (χ0v) is 9.85. The van der Waals surface area contributed by atoms with Gasteiger partial charge in [-0.15, -0.1) is 5.10 Å². The van der Waals surface area contributed by atoms with E-state index in [1.807, 2.05) is 37.4 Å². The highest BCUT2D eigenvalue weighted by atomic mass is 15.4. The number of nitrogen functional groups attached to an aromatic ring is 1. The third kappa shape index (κ3) is 1.73. The summed E-state index contributed by atoms with van der Waals surface area (Å²) in [5.41, 5.74) is 8.30. The molecule has 0 aliphatic heterocycles. The Morgan fingerprint density at radius 3 is 2.56 bits per heavy atom. The van der Waals surface area contributed by atoms with Crippen LogP contribution in [-0.2, 0) is 7.05 Å². The summed E-state index contributed by atoms with van der Waals surface area (Å²) in [6.45, 7) is 0. The van der Waals surface area contributed by atoms with Gasteiger partial charge in [0.05, 0.1) is 11.9 Å². The number of hydrogen-bond donors (Lipinski definition) is 1. The van der Waals surface area contributed by atoms with Crippen LogP contribution in [0, 0.1) is 0 Å². The fourth-order valence-electron chi connectivity index (χ4n) is 1.76. The lowest BCUT2D eigenvalue weighted by molar-refractivity contribution is 0.715. The summed E-state index contributed by atoms with van der Waals surface area (Å²) < 4.78 is 3.32. The lowest BCUT2D eigenvalue weighted by atomic mass is 10.3. The maximum absolute atomic E-state index is 5.96. The maximum Gasteiger partial charge on any atom is 0.133 e. The Morgan fingerprint density at radius 1 is 1.11 bits per heavy atom. The Kier molecular flexibility index (Phi) is 2.33. The second-order valence-corrected chi connectivity index (χ2v) is 3.98. The molecule has 0 atom stereocenters. The second-order valence-electron chi connectivity index (χ2n) is 3.98. The van der Waals surface area contributed by atoms with Crippen LogP contribution in [0.1, 0.15) is 0 Å². The first-order valence-corrected chi connectivity index (χ1v) is 5.52. The fraction of sp³-hybridized carbons (Fsp3) is 0.0833. The number of para-hydroxylation sites is 1. The minimum atomic E-state index is 0.571. The SMILES string of the molecule is Cn1cc(-c2cc(N)n(-c3ccccc3)n2)nn1. The summed E-state index contributed by atoms with van der Waals surface area (Å²) >= 11 is 0. The van der Waals surface area contributed by atoms with Gasteiger partial charge in [0.2, 0.25) is 0 Å². The molecule has 90 valence electrons. The average Bonchev–Trinajstić information content (AvgIpc) is 2.97. The van der Waals surface area contributed by atoms with Crippen LogP contribution in [0.2, 0.25) is 0 Å². The van der Waals surface area contributed by atoms with Gasteiger partial charge >= 0.3 is 0 Å². The first-order chi connectivity index (χ1) is 8.74. The quantitative estimate of drug-likeness (QED) is 0.731. The molecule has 0 saturated carbocycles. The topological polar surface area (TPSA) is 74.5 Å². The van der Waals surface area contributed by atoms with Gasteiger partial charge in [-0.05, 0) is 12.1 Å². The molecule has 1 aromatic carbocycles. The van der Waals surface area contributed by atoms with Gasteiger partial charge in [0.25, 0.3) is 0 Å². The molecule has 6 nitrogen and oxygen atoms in total. The molecule has 0 aliphatic carbocycles. The summed E-state index contributed by atoms with van der Waals surface area (Å²) in [7, 11) is 1.81. The molecule has 0 bridgehead atoms. The van der Waals surface area contributed by atoms with Crippen molar-refractivity contribution in [3.63, 3.8) is 0 Å². The Hall–Kier alpha value is -2.63. The third-order valence-electron chi connectivity index (χ3n) is 2.60. The summed E-state index contributed by atoms with van der Waals surface area (Å²) in [6.07, 6.45) is 1.80. The van der Waals surface area contributed by atoms with Crippen molar-refractivity contribution in [1.82, 2.24) is 24.8 Å². The molecule has 0 spiro atoms. The molecule has 0 radical (unpaired) electrons. The van der Waals surface area contributed by atoms with Gasteiger partial charge in [-0.1, -0.05) is 23.4 Å². The van der Waals surface area contributed by atoms with Gasteiger partial charge in [0.1, 0.15) is 17.2 Å². The normalized spacial score (nSPS) is 10.7. The monoisotopic (exact) mass is 240 g/mol. The summed E-state index contributed by atoms with van der Waals surface area (Å²) in [6, 6.07) is 11.5. The minimum Gasteiger partial charge on any atom is -0.384 e. The van der Waals surface area contributed by atoms with E-state index in [-0.39, 0.29) is 0 Å². The van der Waals surface area contributed by atoms with Gasteiger partial charge in [-0.3, -0.25) is 4.68 Å². The van der Waals surface area contributed by atoms with E-state index in [0.29, 0.717) is 17.2 Å². The lowest BCUT2D eigenvalue weighted by Gasteiger charge is -2.02. The minimum absolute atomic E-state index is 0.571. The number of nitrogens with zero attached hydrogens (tertiary/aromatic N) is 5. The van der Waals surface area contributed by atoms with Crippen LogP contribution in [0.25, 0.3) is 17.1 Å². The third-order valence-corrected chi connectivity index (χ3v) is 2.60. The molecule has 2 N–H and O–H groups in total. The molecule has 3 aromatic rings. The number of aryl methyl sites for hydroxylation is 1. The van der Waals surface area contributed by atoms with Crippen molar-refractivity contribution in [1.29, 1.82) is 0 Å². The molecule has 18 heavy (non-hydrogen) atoms. The summed E-state index contributed by atoms with van der Waals surface area (Å²) in [5.74, 6) is 0.571. The van der Waals surface area contributed by atoms with Crippen LogP contribution >= 0.6 is 0 Å². The van der Waals surface area contributed by atoms with Crippen molar-refractivity contribution < 1.29 is 0 Å². The van der Waals surface area contributed by atoms with Crippen molar-refractivity contribution in [2.45, 2.75) is 0 Å². The number of nitrogens with two attached hydrogens (primary N) is 1. The molecule has 0 fully saturated rings. The predicted molar refractivity (Wildman–Crippen MR) is 68.0 cm³/mol. The van der Waals surface area contributed by atoms with Crippen LogP contribution in [0.4, 0.5) is 5.82 Å². The largest absolute Gasteiger partial charge is 0.384 e. The molecule has 2 heterocycles. The fourth-order valence-corrected chi connectivity index (χ4v) is 1.76. The van der Waals surface area contributed by atoms with Gasteiger partial charge in [-0.2, -0.15) is 5.10 Å². The van der Waals surface area contributed by atoms with Crippen molar-refractivity contribution in [2.75, 3.05) is 5.73 Å². The van der Waals surface area contributed by atoms with Crippen LogP contribution in [0.3, 0.4) is 0 Å². The molecular weight excluding hydrogens is 228 g/mol. The second kappa shape index (κ2) is 3.99. The van der Waals surface area contributed by atoms with Crippen LogP contribution in [0.15, 0.2) is 42.6 Å². The molecule has 0 unspecified atom stereocenters. The summed E-state index contributed by atoms with van der Waals surface area (Å²) in [5, 5.41) is 12.3. The van der Waals surface area contributed by atoms with E-state index in [1.54, 1.807) is 21.6 Å². The average molecular weight is 240 g/mol. The molecular formula is C12H12N6. The van der Waals surface area contributed by atoms with Crippen molar-refractivity contribution >= 4 is 5.82 Å². The smallest absolute Gasteiger partial charge is 0.133 e. The van der Waals surface area contributed by atoms with Crippen LogP contribution < -0.4 is 5.73 Å². The van der Waals surface area contributed by atoms with Crippen LogP contribution in [0.5, 0.6) is 0 Å². The number of hydrogen-bond acceptors (Lipinski definition) is 4. The van der Waals surface area contributed by atoms with Crippen LogP contribution in [-0.4, -0.2) is 24.8 Å². The molecule has 0 amide bonds. The first kappa shape index (κ1) is 10.5. The van der Waals surface area contributed by atoms with Gasteiger partial charge in [0, 0.05) is 13.1 Å². The van der Waals surface area contributed by atoms with Gasteiger partial charge in [0.15, 0.2) is 0 Å². The number of benzene rings is 1. The van der Waals surface area contributed by atoms with Crippen molar-refractivity contribution in [3.05, 3.63) is 42.6 Å². The van der Waals surface area contributed by atoms with Gasteiger partial charge in [-0.25, -0.2) is 4.68 Å². The van der Waals surface area contributed by atoms with E-state index >= 15 is 0 Å². The highest BCUT2D eigenvalue weighted by molar-refractivity contribution is 5.59. The van der Waals surface area contributed by atoms with Gasteiger partial charge < -0.3 is 5.73 Å². The predicted octanol–water partition coefficient (Wildman–Crippen LogP) is 1.25. The zero-order chi connectivity index (χ0) is 12.5. The first-order valence-electron chi connectivity index (χ1n) is 5.52. The van der Waals surface area contributed by atoms with E-state index in [4.69, 9.17) is 5.73 Å². The van der Waals surface area contributed by atoms with E-state index in [1.165, 1.54) is 0 Å². The Morgan fingerprint density at radius 2 is 1.89 bits per heavy atom. The lowest BCUT2D eigenvalue weighted by Crippen LogP contribution is -2.01. The molecule has 0 aliphatic rings. The molecule has 0 saturated heterocycles. The highest BCUT2D eigenvalue weighted by Crippen LogP contribution is 2.20. The number of aromatic nitrogens is 5. The maximum atomic E-state index is 5.96. The molecule has 3 rings (SSSR count). The summed E-state index contributed by atoms with van der Waals surface area (Å²) in [4.78, 5) is 0. The zero-order valence-electron chi connectivity index (χ0n) is 9.85. The standard InChI is InChI=1S/C12H12N6/c1-17-8-11(14-16-17)10-7-12(13)18(15-10)9-5-3-2-4-6-9/h2-8H,13H2,1H3. The van der Waals surface area contributed by atoms with E-state index in [9.17, 15) is 0 Å². The molecule has 2 aromatic heterocycles. The number of anilines is 1. The van der Waals surface area contributed by atoms with E-state index in [2.05, 4.69) is 15.4 Å². The highest BCUT2D eigenvalue weighted by Gasteiger charge is 2.10. The molecule has 6 heteroatoms. The van der Waals surface area contributed by atoms with E-state index in [0.717, 1.165) is 5.69 Å². The Balaban J connectivity index is 2.06. The Bertz CT molecular complexity index is 667. The van der Waals surface area contributed by atoms with Crippen molar-refractivity contribution in [2.24, 2.45) is 7.05 Å².